The quantitative estimate of drug-likeness (QED) is 0.654. The molecule has 0 saturated heterocycles. The molecule has 1 aromatic carbocycles. The smallest absolute Gasteiger partial charge is 0.161 e. The van der Waals surface area contributed by atoms with Crippen molar-refractivity contribution >= 4 is 0 Å². The first-order chi connectivity index (χ1) is 7.77. The van der Waals surface area contributed by atoms with Gasteiger partial charge < -0.3 is 9.47 Å². The fourth-order valence-corrected chi connectivity index (χ4v) is 1.12. The molecule has 1 aliphatic rings. The Bertz CT molecular complexity index is 271. The molecule has 0 amide bonds. The highest BCUT2D eigenvalue weighted by atomic mass is 16.6. The maximum absolute atomic E-state index is 5.51. The number of benzene rings is 1. The van der Waals surface area contributed by atoms with Crippen LogP contribution in [0.5, 0.6) is 11.5 Å². The zero-order valence-electron chi connectivity index (χ0n) is 11.1. The molecule has 0 spiro atoms. The monoisotopic (exact) mass is 224 g/mol. The lowest BCUT2D eigenvalue weighted by Gasteiger charge is -2.23. The van der Waals surface area contributed by atoms with Gasteiger partial charge in [-0.25, -0.2) is 0 Å². The van der Waals surface area contributed by atoms with E-state index >= 15 is 0 Å². The van der Waals surface area contributed by atoms with Gasteiger partial charge in [0.15, 0.2) is 11.5 Å². The van der Waals surface area contributed by atoms with E-state index in [4.69, 9.17) is 9.47 Å². The molecule has 2 rings (SSSR count). The van der Waals surface area contributed by atoms with Crippen molar-refractivity contribution in [2.24, 2.45) is 0 Å². The van der Waals surface area contributed by atoms with E-state index < -0.39 is 0 Å². The Morgan fingerprint density at radius 2 is 1.62 bits per heavy atom. The van der Waals surface area contributed by atoms with E-state index in [1.165, 1.54) is 6.42 Å². The van der Waals surface area contributed by atoms with Gasteiger partial charge in [-0.1, -0.05) is 46.2 Å². The maximum Gasteiger partial charge on any atom is 0.161 e. The number of fused-ring (bicyclic) bond motifs is 1. The molecule has 0 fully saturated rings. The van der Waals surface area contributed by atoms with Gasteiger partial charge in [0, 0.05) is 0 Å². The van der Waals surface area contributed by atoms with Crippen LogP contribution in [0.4, 0.5) is 0 Å². The molecule has 2 heteroatoms. The Morgan fingerprint density at radius 1 is 1.12 bits per heavy atom. The molecule has 1 aliphatic heterocycles. The molecule has 1 atom stereocenters. The van der Waals surface area contributed by atoms with Gasteiger partial charge in [-0.05, 0) is 19.1 Å². The molecule has 0 radical (unpaired) electrons. The molecule has 1 unspecified atom stereocenters. The molecule has 0 N–H and O–H groups in total. The van der Waals surface area contributed by atoms with E-state index in [2.05, 4.69) is 13.8 Å². The Kier molecular flexibility index (Phi) is 8.41. The van der Waals surface area contributed by atoms with Gasteiger partial charge in [0.25, 0.3) is 0 Å². The lowest BCUT2D eigenvalue weighted by molar-refractivity contribution is 0.104. The second-order valence-corrected chi connectivity index (χ2v) is 3.39. The molecule has 92 valence electrons. The highest BCUT2D eigenvalue weighted by Crippen LogP contribution is 2.30. The minimum atomic E-state index is 0.171. The van der Waals surface area contributed by atoms with E-state index in [0.29, 0.717) is 6.61 Å². The Hall–Kier alpha value is -1.18. The minimum absolute atomic E-state index is 0.171. The van der Waals surface area contributed by atoms with Crippen LogP contribution in [-0.4, -0.2) is 12.7 Å². The second-order valence-electron chi connectivity index (χ2n) is 3.39. The predicted molar refractivity (Wildman–Crippen MR) is 69.3 cm³/mol. The molecule has 1 aromatic rings. The van der Waals surface area contributed by atoms with Crippen molar-refractivity contribution in [3.63, 3.8) is 0 Å². The summed E-state index contributed by atoms with van der Waals surface area (Å²) in [7, 11) is 0. The van der Waals surface area contributed by atoms with Crippen molar-refractivity contribution in [1.82, 2.24) is 0 Å². The number of rotatable bonds is 0. The number of ether oxygens (including phenoxy) is 2. The molecule has 0 aromatic heterocycles. The SMILES string of the molecule is CC.CC1COc2ccccc2O1.CCC. The average Bonchev–Trinajstić information content (AvgIpc) is 2.32. The summed E-state index contributed by atoms with van der Waals surface area (Å²) >= 11 is 0. The van der Waals surface area contributed by atoms with Gasteiger partial charge in [0.2, 0.25) is 0 Å². The summed E-state index contributed by atoms with van der Waals surface area (Å²) in [4.78, 5) is 0. The van der Waals surface area contributed by atoms with Crippen molar-refractivity contribution in [2.45, 2.75) is 47.1 Å². The van der Waals surface area contributed by atoms with Crippen molar-refractivity contribution in [3.05, 3.63) is 24.3 Å². The average molecular weight is 224 g/mol. The van der Waals surface area contributed by atoms with Crippen molar-refractivity contribution < 1.29 is 9.47 Å². The summed E-state index contributed by atoms with van der Waals surface area (Å²) in [6, 6.07) is 7.73. The maximum atomic E-state index is 5.51. The van der Waals surface area contributed by atoms with Gasteiger partial charge in [-0.15, -0.1) is 0 Å². The van der Waals surface area contributed by atoms with Gasteiger partial charge in [-0.2, -0.15) is 0 Å². The summed E-state index contributed by atoms with van der Waals surface area (Å²) in [5.41, 5.74) is 0. The van der Waals surface area contributed by atoms with Crippen molar-refractivity contribution in [2.75, 3.05) is 6.61 Å². The van der Waals surface area contributed by atoms with E-state index in [1.807, 2.05) is 45.0 Å². The molecule has 0 saturated carbocycles. The van der Waals surface area contributed by atoms with E-state index in [1.54, 1.807) is 0 Å². The molecular weight excluding hydrogens is 200 g/mol. The fourth-order valence-electron chi connectivity index (χ4n) is 1.12. The summed E-state index contributed by atoms with van der Waals surface area (Å²) in [6.07, 6.45) is 1.42. The molecule has 16 heavy (non-hydrogen) atoms. The zero-order valence-corrected chi connectivity index (χ0v) is 11.1. The summed E-state index contributed by atoms with van der Waals surface area (Å²) < 4.78 is 10.9. The predicted octanol–water partition coefficient (Wildman–Crippen LogP) is 4.29. The van der Waals surface area contributed by atoms with Crippen LogP contribution >= 0.6 is 0 Å². The largest absolute Gasteiger partial charge is 0.486 e. The molecule has 0 bridgehead atoms. The standard InChI is InChI=1S/C9H10O2.C3H8.C2H6/c1-7-6-10-8-4-2-3-5-9(8)11-7;1-3-2;1-2/h2-5,7H,6H2,1H3;3H2,1-2H3;1-2H3. The molecule has 0 aliphatic carbocycles. The highest BCUT2D eigenvalue weighted by Gasteiger charge is 2.15. The lowest BCUT2D eigenvalue weighted by atomic mass is 10.3. The number of hydrogen-bond acceptors (Lipinski definition) is 2. The van der Waals surface area contributed by atoms with Crippen LogP contribution in [0.3, 0.4) is 0 Å². The fraction of sp³-hybridized carbons (Fsp3) is 0.571. The third-order valence-corrected chi connectivity index (χ3v) is 1.65. The van der Waals surface area contributed by atoms with Crippen LogP contribution in [0, 0.1) is 0 Å². The van der Waals surface area contributed by atoms with Crippen molar-refractivity contribution in [3.8, 4) is 11.5 Å². The number of para-hydroxylation sites is 2. The van der Waals surface area contributed by atoms with Gasteiger partial charge in [-0.3, -0.25) is 0 Å². The first-order valence-corrected chi connectivity index (χ1v) is 6.16. The van der Waals surface area contributed by atoms with E-state index in [-0.39, 0.29) is 6.10 Å². The Balaban J connectivity index is 0.000000394. The minimum Gasteiger partial charge on any atom is -0.486 e. The summed E-state index contributed by atoms with van der Waals surface area (Å²) in [5, 5.41) is 0. The Morgan fingerprint density at radius 3 is 2.19 bits per heavy atom. The first-order valence-electron chi connectivity index (χ1n) is 6.16. The topological polar surface area (TPSA) is 18.5 Å². The highest BCUT2D eigenvalue weighted by molar-refractivity contribution is 5.40. The van der Waals surface area contributed by atoms with Crippen LogP contribution in [0.15, 0.2) is 24.3 Å². The van der Waals surface area contributed by atoms with Crippen LogP contribution in [0.1, 0.15) is 41.0 Å². The van der Waals surface area contributed by atoms with Gasteiger partial charge in [0.1, 0.15) is 12.7 Å². The van der Waals surface area contributed by atoms with Gasteiger partial charge >= 0.3 is 0 Å². The third-order valence-electron chi connectivity index (χ3n) is 1.65. The number of hydrogen-bond donors (Lipinski definition) is 0. The van der Waals surface area contributed by atoms with Crippen molar-refractivity contribution in [1.29, 1.82) is 0 Å². The molecule has 2 nitrogen and oxygen atoms in total. The van der Waals surface area contributed by atoms with Crippen LogP contribution in [0.25, 0.3) is 0 Å². The summed E-state index contributed by atoms with van der Waals surface area (Å²) in [5.74, 6) is 1.71. The van der Waals surface area contributed by atoms with Crippen LogP contribution in [0.2, 0.25) is 0 Å². The van der Waals surface area contributed by atoms with E-state index in [0.717, 1.165) is 11.5 Å². The normalized spacial score (nSPS) is 16.2. The first kappa shape index (κ1) is 14.8. The van der Waals surface area contributed by atoms with Crippen LogP contribution < -0.4 is 9.47 Å². The third kappa shape index (κ3) is 5.06. The lowest BCUT2D eigenvalue weighted by Crippen LogP contribution is -2.25. The van der Waals surface area contributed by atoms with Crippen LogP contribution in [-0.2, 0) is 0 Å². The van der Waals surface area contributed by atoms with E-state index in [9.17, 15) is 0 Å². The second kappa shape index (κ2) is 9.08. The molecular formula is C14H24O2. The summed E-state index contributed by atoms with van der Waals surface area (Å²) in [6.45, 7) is 10.9. The van der Waals surface area contributed by atoms with Gasteiger partial charge in [0.05, 0.1) is 0 Å². The Labute approximate surface area is 99.6 Å². The zero-order chi connectivity index (χ0) is 12.4. The molecule has 1 heterocycles.